The number of thioether (sulfide) groups is 1. The second-order valence-corrected chi connectivity index (χ2v) is 6.81. The summed E-state index contributed by atoms with van der Waals surface area (Å²) in [4.78, 5) is 25.0. The Kier molecular flexibility index (Phi) is 5.57. The summed E-state index contributed by atoms with van der Waals surface area (Å²) in [6.45, 7) is 1.02. The molecule has 5 nitrogen and oxygen atoms in total. The van der Waals surface area contributed by atoms with Gasteiger partial charge in [0.2, 0.25) is 0 Å². The van der Waals surface area contributed by atoms with Crippen molar-refractivity contribution in [3.05, 3.63) is 0 Å². The number of carbonyl (C=O) groups excluding carboxylic acids is 1. The van der Waals surface area contributed by atoms with Gasteiger partial charge in [0.25, 0.3) is 0 Å². The summed E-state index contributed by atoms with van der Waals surface area (Å²) in [6.07, 6.45) is 8.15. The molecule has 1 heterocycles. The van der Waals surface area contributed by atoms with Crippen LogP contribution in [0.2, 0.25) is 0 Å². The molecule has 3 atom stereocenters. The molecule has 20 heavy (non-hydrogen) atoms. The molecule has 2 unspecified atom stereocenters. The summed E-state index contributed by atoms with van der Waals surface area (Å²) >= 11 is 1.82. The molecule has 2 amide bonds. The van der Waals surface area contributed by atoms with Crippen LogP contribution in [0.1, 0.15) is 38.5 Å². The number of aliphatic carboxylic acids is 1. The van der Waals surface area contributed by atoms with Crippen molar-refractivity contribution in [2.45, 2.75) is 49.8 Å². The number of hydrogen-bond acceptors (Lipinski definition) is 3. The second-order valence-electron chi connectivity index (χ2n) is 5.74. The van der Waals surface area contributed by atoms with Crippen LogP contribution >= 0.6 is 11.8 Å². The summed E-state index contributed by atoms with van der Waals surface area (Å²) in [5.41, 5.74) is 0. The molecule has 0 bridgehead atoms. The molecule has 1 saturated carbocycles. The van der Waals surface area contributed by atoms with Crippen LogP contribution in [-0.2, 0) is 4.79 Å². The number of carboxylic acids is 1. The Morgan fingerprint density at radius 2 is 1.95 bits per heavy atom. The predicted molar refractivity (Wildman–Crippen MR) is 80.0 cm³/mol. The lowest BCUT2D eigenvalue weighted by Gasteiger charge is -2.35. The zero-order chi connectivity index (χ0) is 14.5. The minimum absolute atomic E-state index is 0.0816. The molecule has 0 radical (unpaired) electrons. The van der Waals surface area contributed by atoms with E-state index in [2.05, 4.69) is 11.6 Å². The number of urea groups is 1. The molecule has 1 aliphatic heterocycles. The lowest BCUT2D eigenvalue weighted by Crippen LogP contribution is -2.52. The molecule has 0 aromatic rings. The number of nitrogens with zero attached hydrogens (tertiary/aromatic N) is 1. The smallest absolute Gasteiger partial charge is 0.317 e. The first-order valence-electron chi connectivity index (χ1n) is 7.43. The number of carbonyl (C=O) groups is 2. The van der Waals surface area contributed by atoms with Crippen LogP contribution in [-0.4, -0.2) is 52.6 Å². The maximum Gasteiger partial charge on any atom is 0.317 e. The number of nitrogens with one attached hydrogen (secondary N) is 1. The third kappa shape index (κ3) is 3.81. The molecule has 2 aliphatic rings. The number of piperidine rings is 1. The Morgan fingerprint density at radius 3 is 2.65 bits per heavy atom. The summed E-state index contributed by atoms with van der Waals surface area (Å²) in [5.74, 6) is -1.20. The highest BCUT2D eigenvalue weighted by Gasteiger charge is 2.31. The van der Waals surface area contributed by atoms with E-state index in [1.807, 2.05) is 11.8 Å². The van der Waals surface area contributed by atoms with Gasteiger partial charge in [-0.05, 0) is 31.9 Å². The standard InChI is InChI=1S/C14H24N2O3S/c1-20-12-7-3-2-6-11(12)15-14(19)16-8-4-5-10(9-16)13(17)18/h10-12H,2-9H2,1H3,(H,15,19)(H,17,18)/t10-,11?,12?/m0/s1. The molecule has 1 saturated heterocycles. The molecule has 0 aromatic carbocycles. The first-order chi connectivity index (χ1) is 9.61. The highest BCUT2D eigenvalue weighted by Crippen LogP contribution is 2.27. The van der Waals surface area contributed by atoms with E-state index in [4.69, 9.17) is 5.11 Å². The predicted octanol–water partition coefficient (Wildman–Crippen LogP) is 2.17. The Labute approximate surface area is 124 Å². The molecular weight excluding hydrogens is 276 g/mol. The quantitative estimate of drug-likeness (QED) is 0.838. The monoisotopic (exact) mass is 300 g/mol. The van der Waals surface area contributed by atoms with Crippen LogP contribution in [0.3, 0.4) is 0 Å². The van der Waals surface area contributed by atoms with Crippen molar-refractivity contribution in [3.63, 3.8) is 0 Å². The Bertz CT molecular complexity index is 364. The largest absolute Gasteiger partial charge is 0.481 e. The van der Waals surface area contributed by atoms with E-state index in [0.717, 1.165) is 19.3 Å². The fraction of sp³-hybridized carbons (Fsp3) is 0.857. The van der Waals surface area contributed by atoms with Gasteiger partial charge in [-0.3, -0.25) is 4.79 Å². The first kappa shape index (κ1) is 15.5. The Balaban J connectivity index is 1.88. The Morgan fingerprint density at radius 1 is 1.20 bits per heavy atom. The van der Waals surface area contributed by atoms with Gasteiger partial charge in [-0.25, -0.2) is 4.79 Å². The second kappa shape index (κ2) is 7.20. The maximum atomic E-state index is 12.3. The summed E-state index contributed by atoms with van der Waals surface area (Å²) in [6, 6.07) is 0.151. The third-order valence-electron chi connectivity index (χ3n) is 4.37. The van der Waals surface area contributed by atoms with Crippen molar-refractivity contribution in [1.29, 1.82) is 0 Å². The number of amides is 2. The van der Waals surface area contributed by atoms with E-state index in [9.17, 15) is 9.59 Å². The molecule has 6 heteroatoms. The van der Waals surface area contributed by atoms with Crippen LogP contribution in [0, 0.1) is 5.92 Å². The number of rotatable bonds is 3. The van der Waals surface area contributed by atoms with E-state index in [1.54, 1.807) is 4.90 Å². The number of carboxylic acid groups (broad SMARTS) is 1. The van der Waals surface area contributed by atoms with Crippen LogP contribution in [0.5, 0.6) is 0 Å². The van der Waals surface area contributed by atoms with E-state index < -0.39 is 11.9 Å². The van der Waals surface area contributed by atoms with Gasteiger partial charge in [0, 0.05) is 24.4 Å². The van der Waals surface area contributed by atoms with Crippen LogP contribution in [0.25, 0.3) is 0 Å². The fourth-order valence-electron chi connectivity index (χ4n) is 3.16. The highest BCUT2D eigenvalue weighted by molar-refractivity contribution is 7.99. The molecule has 114 valence electrons. The minimum atomic E-state index is -0.790. The van der Waals surface area contributed by atoms with Crippen molar-refractivity contribution in [3.8, 4) is 0 Å². The number of likely N-dealkylation sites (tertiary alicyclic amines) is 1. The zero-order valence-electron chi connectivity index (χ0n) is 12.0. The summed E-state index contributed by atoms with van der Waals surface area (Å²) in [5, 5.41) is 12.7. The van der Waals surface area contributed by atoms with E-state index in [1.165, 1.54) is 12.8 Å². The van der Waals surface area contributed by atoms with Gasteiger partial charge in [0.05, 0.1) is 5.92 Å². The minimum Gasteiger partial charge on any atom is -0.481 e. The fourth-order valence-corrected chi connectivity index (χ4v) is 4.09. The molecule has 0 aromatic heterocycles. The Hall–Kier alpha value is -0.910. The molecule has 0 spiro atoms. The van der Waals surface area contributed by atoms with Gasteiger partial charge >= 0.3 is 12.0 Å². The summed E-state index contributed by atoms with van der Waals surface area (Å²) < 4.78 is 0. The van der Waals surface area contributed by atoms with E-state index >= 15 is 0 Å². The number of hydrogen-bond donors (Lipinski definition) is 2. The van der Waals surface area contributed by atoms with Gasteiger partial charge < -0.3 is 15.3 Å². The normalized spacial score (nSPS) is 30.9. The van der Waals surface area contributed by atoms with E-state index in [0.29, 0.717) is 24.8 Å². The van der Waals surface area contributed by atoms with Crippen molar-refractivity contribution in [2.24, 2.45) is 5.92 Å². The van der Waals surface area contributed by atoms with Crippen molar-refractivity contribution in [2.75, 3.05) is 19.3 Å². The van der Waals surface area contributed by atoms with Gasteiger partial charge in [-0.15, -0.1) is 0 Å². The lowest BCUT2D eigenvalue weighted by atomic mass is 9.94. The zero-order valence-corrected chi connectivity index (χ0v) is 12.8. The molecule has 2 rings (SSSR count). The van der Waals surface area contributed by atoms with Crippen molar-refractivity contribution >= 4 is 23.8 Å². The summed E-state index contributed by atoms with van der Waals surface area (Å²) in [7, 11) is 0. The van der Waals surface area contributed by atoms with Crippen LogP contribution < -0.4 is 5.32 Å². The lowest BCUT2D eigenvalue weighted by molar-refractivity contribution is -0.143. The first-order valence-corrected chi connectivity index (χ1v) is 8.71. The van der Waals surface area contributed by atoms with E-state index in [-0.39, 0.29) is 12.1 Å². The van der Waals surface area contributed by atoms with Crippen molar-refractivity contribution in [1.82, 2.24) is 10.2 Å². The van der Waals surface area contributed by atoms with Crippen molar-refractivity contribution < 1.29 is 14.7 Å². The van der Waals surface area contributed by atoms with Gasteiger partial charge in [-0.1, -0.05) is 12.8 Å². The molecule has 1 aliphatic carbocycles. The van der Waals surface area contributed by atoms with Crippen LogP contribution in [0.15, 0.2) is 0 Å². The van der Waals surface area contributed by atoms with Gasteiger partial charge in [0.1, 0.15) is 0 Å². The topological polar surface area (TPSA) is 69.6 Å². The average molecular weight is 300 g/mol. The third-order valence-corrected chi connectivity index (χ3v) is 5.54. The maximum absolute atomic E-state index is 12.3. The molecular formula is C14H24N2O3S. The van der Waals surface area contributed by atoms with Crippen LogP contribution in [0.4, 0.5) is 4.79 Å². The van der Waals surface area contributed by atoms with Gasteiger partial charge in [-0.2, -0.15) is 11.8 Å². The average Bonchev–Trinajstić information content (AvgIpc) is 2.48. The van der Waals surface area contributed by atoms with Gasteiger partial charge in [0.15, 0.2) is 0 Å². The SMILES string of the molecule is CSC1CCCCC1NC(=O)N1CCC[C@H](C(=O)O)C1. The molecule has 2 N–H and O–H groups in total. The molecule has 2 fully saturated rings. The highest BCUT2D eigenvalue weighted by atomic mass is 32.2.